The van der Waals surface area contributed by atoms with Crippen molar-refractivity contribution in [3.8, 4) is 5.69 Å². The van der Waals surface area contributed by atoms with Crippen LogP contribution in [0, 0.1) is 20.8 Å². The topological polar surface area (TPSA) is 63.9 Å². The molecule has 2 heterocycles. The predicted octanol–water partition coefficient (Wildman–Crippen LogP) is 8.12. The minimum absolute atomic E-state index is 0.109. The van der Waals surface area contributed by atoms with Gasteiger partial charge in [0.2, 0.25) is 0 Å². The van der Waals surface area contributed by atoms with E-state index in [4.69, 9.17) is 9.73 Å². The van der Waals surface area contributed by atoms with Crippen molar-refractivity contribution in [2.24, 2.45) is 4.99 Å². The molecule has 0 unspecified atom stereocenters. The fourth-order valence-electron chi connectivity index (χ4n) is 5.22. The monoisotopic (exact) mass is 577 g/mol. The fourth-order valence-corrected chi connectivity index (χ4v) is 6.21. The molecule has 4 aromatic rings. The van der Waals surface area contributed by atoms with Crippen molar-refractivity contribution in [1.82, 2.24) is 4.57 Å². The van der Waals surface area contributed by atoms with Gasteiger partial charge in [-0.15, -0.1) is 0 Å². The van der Waals surface area contributed by atoms with Gasteiger partial charge in [0.05, 0.1) is 29.0 Å². The number of benzene rings is 3. The summed E-state index contributed by atoms with van der Waals surface area (Å²) in [6.45, 7) is 10.2. The Kier molecular flexibility index (Phi) is 8.50. The van der Waals surface area contributed by atoms with E-state index in [-0.39, 0.29) is 11.9 Å². The second kappa shape index (κ2) is 12.2. The minimum Gasteiger partial charge on any atom is -0.465 e. The Labute approximate surface area is 251 Å². The van der Waals surface area contributed by atoms with Crippen LogP contribution in [0.25, 0.3) is 11.8 Å². The summed E-state index contributed by atoms with van der Waals surface area (Å²) in [5.41, 5.74) is 9.21. The summed E-state index contributed by atoms with van der Waals surface area (Å²) in [5.74, 6) is -0.475. The van der Waals surface area contributed by atoms with Crippen LogP contribution in [0.15, 0.2) is 82.7 Å². The standard InChI is InChI=1S/C35H35N3O3S/c1-7-25-12-16-28(17-13-25)36-35-38(29-18-14-26(8-2)15-19-29)33(39)32(42-35)21-27-20-22(3)37(24(27)5)31-11-9-10-30(23(31)4)34(40)41-6/h9-21H,7-8H2,1-6H3/b32-21-,36-35?. The van der Waals surface area contributed by atoms with Gasteiger partial charge in [-0.2, -0.15) is 0 Å². The number of amides is 1. The number of esters is 1. The molecule has 42 heavy (non-hydrogen) atoms. The first-order chi connectivity index (χ1) is 20.2. The van der Waals surface area contributed by atoms with E-state index in [0.29, 0.717) is 15.6 Å². The van der Waals surface area contributed by atoms with Gasteiger partial charge >= 0.3 is 5.97 Å². The molecule has 1 aliphatic rings. The van der Waals surface area contributed by atoms with Crippen molar-refractivity contribution >= 4 is 46.3 Å². The third kappa shape index (κ3) is 5.57. The number of hydrogen-bond acceptors (Lipinski definition) is 5. The van der Waals surface area contributed by atoms with Crippen LogP contribution in [0.2, 0.25) is 0 Å². The highest BCUT2D eigenvalue weighted by molar-refractivity contribution is 8.19. The lowest BCUT2D eigenvalue weighted by molar-refractivity contribution is -0.113. The first kappa shape index (κ1) is 29.1. The molecule has 0 saturated carbocycles. The summed E-state index contributed by atoms with van der Waals surface area (Å²) in [6.07, 6.45) is 3.83. The lowest BCUT2D eigenvalue weighted by Gasteiger charge is -2.16. The zero-order chi connectivity index (χ0) is 30.0. The molecule has 6 nitrogen and oxygen atoms in total. The first-order valence-corrected chi connectivity index (χ1v) is 14.9. The van der Waals surface area contributed by atoms with Gasteiger partial charge in [0.15, 0.2) is 5.17 Å². The molecule has 214 valence electrons. The van der Waals surface area contributed by atoms with Crippen LogP contribution >= 0.6 is 11.8 Å². The van der Waals surface area contributed by atoms with Crippen molar-refractivity contribution in [2.45, 2.75) is 47.5 Å². The molecular formula is C35H35N3O3S. The predicted molar refractivity (Wildman–Crippen MR) is 173 cm³/mol. The zero-order valence-electron chi connectivity index (χ0n) is 24.9. The van der Waals surface area contributed by atoms with Gasteiger partial charge < -0.3 is 9.30 Å². The van der Waals surface area contributed by atoms with E-state index in [1.807, 2.05) is 63.2 Å². The van der Waals surface area contributed by atoms with E-state index in [2.05, 4.69) is 48.7 Å². The van der Waals surface area contributed by atoms with Crippen LogP contribution in [0.4, 0.5) is 11.4 Å². The molecule has 1 amide bonds. The smallest absolute Gasteiger partial charge is 0.338 e. The number of thioether (sulfide) groups is 1. The van der Waals surface area contributed by atoms with E-state index in [1.54, 1.807) is 11.0 Å². The molecule has 1 aliphatic heterocycles. The second-order valence-electron chi connectivity index (χ2n) is 10.3. The summed E-state index contributed by atoms with van der Waals surface area (Å²) in [4.78, 5) is 33.5. The molecule has 3 aromatic carbocycles. The Hall–Kier alpha value is -4.36. The number of anilines is 1. The Morgan fingerprint density at radius 2 is 1.57 bits per heavy atom. The van der Waals surface area contributed by atoms with Crippen LogP contribution in [0.5, 0.6) is 0 Å². The maximum Gasteiger partial charge on any atom is 0.338 e. The Morgan fingerprint density at radius 1 is 0.929 bits per heavy atom. The van der Waals surface area contributed by atoms with Crippen molar-refractivity contribution in [1.29, 1.82) is 0 Å². The maximum absolute atomic E-state index is 13.9. The number of aryl methyl sites for hydroxylation is 3. The van der Waals surface area contributed by atoms with Crippen LogP contribution in [-0.4, -0.2) is 28.7 Å². The van der Waals surface area contributed by atoms with Gasteiger partial charge in [-0.1, -0.05) is 44.2 Å². The average molecular weight is 578 g/mol. The molecular weight excluding hydrogens is 542 g/mol. The minimum atomic E-state index is -0.365. The summed E-state index contributed by atoms with van der Waals surface area (Å²) in [6, 6.07) is 23.9. The van der Waals surface area contributed by atoms with Gasteiger partial charge in [-0.3, -0.25) is 9.69 Å². The Bertz CT molecular complexity index is 1710. The third-order valence-electron chi connectivity index (χ3n) is 7.69. The van der Waals surface area contributed by atoms with Gasteiger partial charge in [0.1, 0.15) is 0 Å². The summed E-state index contributed by atoms with van der Waals surface area (Å²) in [7, 11) is 1.39. The molecule has 1 fully saturated rings. The lowest BCUT2D eigenvalue weighted by atomic mass is 10.1. The maximum atomic E-state index is 13.9. The molecule has 0 radical (unpaired) electrons. The van der Waals surface area contributed by atoms with Crippen LogP contribution in [0.1, 0.15) is 57.8 Å². The number of aliphatic imine (C=N–C) groups is 1. The van der Waals surface area contributed by atoms with Crippen molar-refractivity contribution in [3.05, 3.63) is 117 Å². The van der Waals surface area contributed by atoms with Crippen molar-refractivity contribution in [2.75, 3.05) is 12.0 Å². The Balaban J connectivity index is 1.57. The molecule has 0 bridgehead atoms. The highest BCUT2D eigenvalue weighted by atomic mass is 32.2. The van der Waals surface area contributed by atoms with Gasteiger partial charge in [0.25, 0.3) is 5.91 Å². The fraction of sp³-hybridized carbons (Fsp3) is 0.229. The molecule has 0 atom stereocenters. The largest absolute Gasteiger partial charge is 0.465 e. The third-order valence-corrected chi connectivity index (χ3v) is 8.66. The number of rotatable bonds is 7. The van der Waals surface area contributed by atoms with Crippen LogP contribution < -0.4 is 4.90 Å². The molecule has 1 aromatic heterocycles. The second-order valence-corrected chi connectivity index (χ2v) is 11.3. The molecule has 7 heteroatoms. The Morgan fingerprint density at radius 3 is 2.19 bits per heavy atom. The highest BCUT2D eigenvalue weighted by Crippen LogP contribution is 2.38. The van der Waals surface area contributed by atoms with Crippen LogP contribution in [0.3, 0.4) is 0 Å². The first-order valence-electron chi connectivity index (χ1n) is 14.1. The van der Waals surface area contributed by atoms with Gasteiger partial charge in [0, 0.05) is 17.1 Å². The van der Waals surface area contributed by atoms with Gasteiger partial charge in [-0.05, 0) is 116 Å². The SMILES string of the molecule is CCc1ccc(N=C2S/C(=C\c3cc(C)n(-c4cccc(C(=O)OC)c4C)c3C)C(=O)N2c2ccc(CC)cc2)cc1. The van der Waals surface area contributed by atoms with E-state index < -0.39 is 0 Å². The van der Waals surface area contributed by atoms with Crippen LogP contribution in [-0.2, 0) is 22.4 Å². The number of amidine groups is 1. The quantitative estimate of drug-likeness (QED) is 0.164. The summed E-state index contributed by atoms with van der Waals surface area (Å²) in [5, 5.41) is 0.621. The van der Waals surface area contributed by atoms with Crippen molar-refractivity contribution < 1.29 is 14.3 Å². The molecule has 5 rings (SSSR count). The van der Waals surface area contributed by atoms with E-state index in [0.717, 1.165) is 52.4 Å². The lowest BCUT2D eigenvalue weighted by Crippen LogP contribution is -2.28. The zero-order valence-corrected chi connectivity index (χ0v) is 25.7. The van der Waals surface area contributed by atoms with Crippen molar-refractivity contribution in [3.63, 3.8) is 0 Å². The number of hydrogen-bond donors (Lipinski definition) is 0. The van der Waals surface area contributed by atoms with E-state index in [1.165, 1.54) is 30.0 Å². The van der Waals surface area contributed by atoms with E-state index in [9.17, 15) is 9.59 Å². The number of aromatic nitrogens is 1. The number of carbonyl (C=O) groups is 2. The summed E-state index contributed by atoms with van der Waals surface area (Å²) >= 11 is 1.38. The number of nitrogens with zero attached hydrogens (tertiary/aromatic N) is 3. The summed E-state index contributed by atoms with van der Waals surface area (Å²) < 4.78 is 7.10. The molecule has 0 spiro atoms. The van der Waals surface area contributed by atoms with E-state index >= 15 is 0 Å². The number of ether oxygens (including phenoxy) is 1. The number of carbonyl (C=O) groups excluding carboxylic acids is 2. The average Bonchev–Trinajstić information content (AvgIpc) is 3.46. The molecule has 0 aliphatic carbocycles. The highest BCUT2D eigenvalue weighted by Gasteiger charge is 2.35. The molecule has 1 saturated heterocycles. The molecule has 0 N–H and O–H groups in total. The normalized spacial score (nSPS) is 15.2. The van der Waals surface area contributed by atoms with Gasteiger partial charge in [-0.25, -0.2) is 9.79 Å². The number of methoxy groups -OCH3 is 1.